The van der Waals surface area contributed by atoms with E-state index in [0.29, 0.717) is 19.4 Å². The van der Waals surface area contributed by atoms with E-state index < -0.39 is 5.54 Å². The Labute approximate surface area is 116 Å². The molecule has 1 fully saturated rings. The summed E-state index contributed by atoms with van der Waals surface area (Å²) in [6.07, 6.45) is 1.38. The summed E-state index contributed by atoms with van der Waals surface area (Å²) in [5.74, 6) is 0. The van der Waals surface area contributed by atoms with Crippen molar-refractivity contribution in [2.75, 3.05) is 11.9 Å². The molecular formula is C14H17BrN2O. The first-order valence-corrected chi connectivity index (χ1v) is 6.84. The lowest BCUT2D eigenvalue weighted by Gasteiger charge is -2.41. The monoisotopic (exact) mass is 308 g/mol. The van der Waals surface area contributed by atoms with E-state index in [4.69, 9.17) is 4.74 Å². The Morgan fingerprint density at radius 1 is 1.39 bits per heavy atom. The highest BCUT2D eigenvalue weighted by Gasteiger charge is 2.41. The van der Waals surface area contributed by atoms with E-state index >= 15 is 0 Å². The molecule has 3 nitrogen and oxygen atoms in total. The molecule has 2 rings (SSSR count). The molecule has 0 saturated carbocycles. The fraction of sp³-hybridized carbons (Fsp3) is 0.500. The molecule has 96 valence electrons. The van der Waals surface area contributed by atoms with Crippen molar-refractivity contribution in [3.05, 3.63) is 28.7 Å². The molecule has 0 aliphatic carbocycles. The molecule has 0 radical (unpaired) electrons. The maximum absolute atomic E-state index is 9.54. The van der Waals surface area contributed by atoms with E-state index in [-0.39, 0.29) is 5.60 Å². The second kappa shape index (κ2) is 4.91. The van der Waals surface area contributed by atoms with E-state index in [1.807, 2.05) is 38.1 Å². The van der Waals surface area contributed by atoms with Gasteiger partial charge in [-0.15, -0.1) is 0 Å². The molecule has 4 heteroatoms. The van der Waals surface area contributed by atoms with Crippen LogP contribution in [0.5, 0.6) is 0 Å². The third-order valence-electron chi connectivity index (χ3n) is 3.21. The molecule has 1 saturated heterocycles. The van der Waals surface area contributed by atoms with Gasteiger partial charge in [0.2, 0.25) is 0 Å². The number of benzene rings is 1. The number of nitrogens with zero attached hydrogens (tertiary/aromatic N) is 1. The number of halogens is 1. The Balaban J connectivity index is 2.24. The lowest BCUT2D eigenvalue weighted by molar-refractivity contribution is -0.0659. The summed E-state index contributed by atoms with van der Waals surface area (Å²) < 4.78 is 6.66. The summed E-state index contributed by atoms with van der Waals surface area (Å²) in [7, 11) is 0. The minimum Gasteiger partial charge on any atom is -0.375 e. The van der Waals surface area contributed by atoms with E-state index in [2.05, 4.69) is 27.3 Å². The van der Waals surface area contributed by atoms with E-state index in [9.17, 15) is 5.26 Å². The number of rotatable bonds is 2. The molecule has 0 aromatic heterocycles. The number of hydrogen-bond acceptors (Lipinski definition) is 3. The molecule has 0 spiro atoms. The Morgan fingerprint density at radius 2 is 2.11 bits per heavy atom. The molecule has 1 N–H and O–H groups in total. The first-order valence-electron chi connectivity index (χ1n) is 6.04. The number of hydrogen-bond donors (Lipinski definition) is 1. The van der Waals surface area contributed by atoms with Crippen molar-refractivity contribution in [1.29, 1.82) is 5.26 Å². The Bertz CT molecular complexity index is 481. The fourth-order valence-electron chi connectivity index (χ4n) is 2.42. The summed E-state index contributed by atoms with van der Waals surface area (Å²) in [4.78, 5) is 0. The largest absolute Gasteiger partial charge is 0.375 e. The van der Waals surface area contributed by atoms with Crippen molar-refractivity contribution in [1.82, 2.24) is 0 Å². The number of anilines is 1. The molecule has 1 atom stereocenters. The molecular weight excluding hydrogens is 292 g/mol. The lowest BCUT2D eigenvalue weighted by atomic mass is 9.82. The van der Waals surface area contributed by atoms with Crippen LogP contribution in [0.2, 0.25) is 0 Å². The van der Waals surface area contributed by atoms with Crippen LogP contribution in [0, 0.1) is 11.3 Å². The van der Waals surface area contributed by atoms with Crippen LogP contribution in [0.4, 0.5) is 5.69 Å². The predicted octanol–water partition coefficient (Wildman–Crippen LogP) is 3.71. The smallest absolute Gasteiger partial charge is 0.130 e. The van der Waals surface area contributed by atoms with Crippen molar-refractivity contribution in [3.8, 4) is 6.07 Å². The van der Waals surface area contributed by atoms with E-state index in [0.717, 1.165) is 10.2 Å². The molecule has 1 aromatic carbocycles. The number of para-hydroxylation sites is 1. The minimum atomic E-state index is -0.550. The van der Waals surface area contributed by atoms with Crippen molar-refractivity contribution >= 4 is 21.6 Å². The topological polar surface area (TPSA) is 45.0 Å². The first kappa shape index (κ1) is 13.4. The van der Waals surface area contributed by atoms with Gasteiger partial charge in [-0.05, 0) is 41.9 Å². The van der Waals surface area contributed by atoms with Gasteiger partial charge in [0.15, 0.2) is 0 Å². The highest BCUT2D eigenvalue weighted by Crippen LogP contribution is 2.35. The van der Waals surface area contributed by atoms with Crippen LogP contribution >= 0.6 is 15.9 Å². The molecule has 0 bridgehead atoms. The molecule has 1 heterocycles. The van der Waals surface area contributed by atoms with Gasteiger partial charge >= 0.3 is 0 Å². The van der Waals surface area contributed by atoms with E-state index in [1.54, 1.807) is 0 Å². The van der Waals surface area contributed by atoms with Crippen molar-refractivity contribution in [3.63, 3.8) is 0 Å². The first-order chi connectivity index (χ1) is 8.46. The Kier molecular flexibility index (Phi) is 3.65. The second-order valence-corrected chi connectivity index (χ2v) is 6.19. The van der Waals surface area contributed by atoms with Gasteiger partial charge in [0.25, 0.3) is 0 Å². The summed E-state index contributed by atoms with van der Waals surface area (Å²) in [6, 6.07) is 10.3. The zero-order chi connectivity index (χ0) is 13.2. The highest BCUT2D eigenvalue weighted by atomic mass is 79.9. The van der Waals surface area contributed by atoms with Gasteiger partial charge in [0.1, 0.15) is 5.54 Å². The molecule has 1 unspecified atom stereocenters. The van der Waals surface area contributed by atoms with Gasteiger partial charge in [0.05, 0.1) is 18.3 Å². The lowest BCUT2D eigenvalue weighted by Crippen LogP contribution is -2.49. The second-order valence-electron chi connectivity index (χ2n) is 5.33. The number of ether oxygens (including phenoxy) is 1. The van der Waals surface area contributed by atoms with Gasteiger partial charge < -0.3 is 10.1 Å². The summed E-state index contributed by atoms with van der Waals surface area (Å²) >= 11 is 3.50. The molecule has 1 aliphatic heterocycles. The van der Waals surface area contributed by atoms with Crippen LogP contribution < -0.4 is 5.32 Å². The maximum Gasteiger partial charge on any atom is 0.130 e. The van der Waals surface area contributed by atoms with Gasteiger partial charge in [-0.25, -0.2) is 0 Å². The predicted molar refractivity (Wildman–Crippen MR) is 75.4 cm³/mol. The van der Waals surface area contributed by atoms with Gasteiger partial charge in [-0.1, -0.05) is 12.1 Å². The van der Waals surface area contributed by atoms with Crippen LogP contribution in [0.25, 0.3) is 0 Å². The molecule has 18 heavy (non-hydrogen) atoms. The number of nitriles is 1. The maximum atomic E-state index is 9.54. The SMILES string of the molecule is CC1(C)CC(C#N)(Nc2ccccc2Br)CCO1. The van der Waals surface area contributed by atoms with Gasteiger partial charge in [-0.3, -0.25) is 0 Å². The van der Waals surface area contributed by atoms with Crippen molar-refractivity contribution in [2.24, 2.45) is 0 Å². The normalized spacial score (nSPS) is 26.3. The van der Waals surface area contributed by atoms with Crippen LogP contribution in [-0.2, 0) is 4.74 Å². The Morgan fingerprint density at radius 3 is 2.72 bits per heavy atom. The average Bonchev–Trinajstić information content (AvgIpc) is 2.31. The quantitative estimate of drug-likeness (QED) is 0.906. The third-order valence-corrected chi connectivity index (χ3v) is 3.90. The summed E-state index contributed by atoms with van der Waals surface area (Å²) in [5.41, 5.74) is 0.144. The molecule has 0 amide bonds. The van der Waals surface area contributed by atoms with Crippen LogP contribution in [0.15, 0.2) is 28.7 Å². The van der Waals surface area contributed by atoms with Crippen LogP contribution in [-0.4, -0.2) is 17.7 Å². The molecule has 1 aliphatic rings. The fourth-order valence-corrected chi connectivity index (χ4v) is 2.80. The zero-order valence-electron chi connectivity index (χ0n) is 10.7. The van der Waals surface area contributed by atoms with Gasteiger partial charge in [0, 0.05) is 23.0 Å². The highest BCUT2D eigenvalue weighted by molar-refractivity contribution is 9.10. The van der Waals surface area contributed by atoms with Gasteiger partial charge in [-0.2, -0.15) is 5.26 Å². The standard InChI is InChI=1S/C14H17BrN2O/c1-13(2)9-14(10-16,7-8-18-13)17-12-6-4-3-5-11(12)15/h3-6,17H,7-9H2,1-2H3. The number of nitrogens with one attached hydrogen (secondary N) is 1. The summed E-state index contributed by atoms with van der Waals surface area (Å²) in [5, 5.41) is 12.9. The van der Waals surface area contributed by atoms with Crippen molar-refractivity contribution in [2.45, 2.75) is 37.8 Å². The minimum absolute atomic E-state index is 0.262. The zero-order valence-corrected chi connectivity index (χ0v) is 12.3. The van der Waals surface area contributed by atoms with Crippen LogP contribution in [0.1, 0.15) is 26.7 Å². The summed E-state index contributed by atoms with van der Waals surface area (Å²) in [6.45, 7) is 4.66. The third kappa shape index (κ3) is 2.85. The average molecular weight is 309 g/mol. The molecule has 1 aromatic rings. The van der Waals surface area contributed by atoms with Crippen molar-refractivity contribution < 1.29 is 4.74 Å². The van der Waals surface area contributed by atoms with Crippen LogP contribution in [0.3, 0.4) is 0 Å². The van der Waals surface area contributed by atoms with E-state index in [1.165, 1.54) is 0 Å². The Hall–Kier alpha value is -1.05.